The van der Waals surface area contributed by atoms with E-state index in [1.54, 1.807) is 0 Å². The molecule has 1 N–H and O–H groups in total. The summed E-state index contributed by atoms with van der Waals surface area (Å²) >= 11 is 0. The van der Waals surface area contributed by atoms with E-state index in [0.717, 1.165) is 12.1 Å². The van der Waals surface area contributed by atoms with Crippen molar-refractivity contribution in [2.45, 2.75) is 31.5 Å². The van der Waals surface area contributed by atoms with Crippen molar-refractivity contribution < 1.29 is 22.0 Å². The molecule has 6 heteroatoms. The summed E-state index contributed by atoms with van der Waals surface area (Å²) < 4.78 is 65.2. The summed E-state index contributed by atoms with van der Waals surface area (Å²) in [5, 5.41) is 2.35. The van der Waals surface area contributed by atoms with Gasteiger partial charge in [0.25, 0.3) is 5.92 Å². The Labute approximate surface area is 102 Å². The molecule has 0 aliphatic carbocycles. The molecule has 0 aliphatic heterocycles. The lowest BCUT2D eigenvalue weighted by Crippen LogP contribution is -2.42. The van der Waals surface area contributed by atoms with Crippen LogP contribution in [0.15, 0.2) is 24.3 Å². The highest BCUT2D eigenvalue weighted by atomic mass is 19.4. The van der Waals surface area contributed by atoms with E-state index in [0.29, 0.717) is 0 Å². The van der Waals surface area contributed by atoms with Crippen molar-refractivity contribution >= 4 is 0 Å². The summed E-state index contributed by atoms with van der Waals surface area (Å²) in [7, 11) is 1.34. The van der Waals surface area contributed by atoms with E-state index in [-0.39, 0.29) is 0 Å². The molecular weight excluding hydrogens is 253 g/mol. The number of halogens is 5. The fourth-order valence-corrected chi connectivity index (χ4v) is 1.57. The van der Waals surface area contributed by atoms with Crippen LogP contribution in [0.5, 0.6) is 0 Å². The molecule has 1 nitrogen and oxygen atoms in total. The molecule has 1 aromatic rings. The highest BCUT2D eigenvalue weighted by molar-refractivity contribution is 5.30. The second-order valence-electron chi connectivity index (χ2n) is 4.10. The topological polar surface area (TPSA) is 12.0 Å². The van der Waals surface area contributed by atoms with Gasteiger partial charge in [-0.1, -0.05) is 18.2 Å². The van der Waals surface area contributed by atoms with Gasteiger partial charge in [-0.25, -0.2) is 8.78 Å². The predicted octanol–water partition coefficient (Wildman–Crippen LogP) is 3.49. The Morgan fingerprint density at radius 1 is 1.11 bits per heavy atom. The van der Waals surface area contributed by atoms with Crippen molar-refractivity contribution in [3.8, 4) is 0 Å². The fourth-order valence-electron chi connectivity index (χ4n) is 1.57. The van der Waals surface area contributed by atoms with E-state index < -0.39 is 35.7 Å². The van der Waals surface area contributed by atoms with Crippen molar-refractivity contribution in [2.24, 2.45) is 0 Å². The molecule has 1 rings (SSSR count). The van der Waals surface area contributed by atoms with Gasteiger partial charge in [0.05, 0.1) is 11.6 Å². The van der Waals surface area contributed by atoms with Gasteiger partial charge in [0.1, 0.15) is 0 Å². The van der Waals surface area contributed by atoms with Crippen LogP contribution in [0.4, 0.5) is 22.0 Å². The lowest BCUT2D eigenvalue weighted by molar-refractivity contribution is -0.138. The predicted molar refractivity (Wildman–Crippen MR) is 58.6 cm³/mol. The van der Waals surface area contributed by atoms with Crippen molar-refractivity contribution in [3.63, 3.8) is 0 Å². The molecule has 0 bridgehead atoms. The van der Waals surface area contributed by atoms with Gasteiger partial charge in [-0.3, -0.25) is 0 Å². The second-order valence-corrected chi connectivity index (χ2v) is 4.10. The van der Waals surface area contributed by atoms with Crippen molar-refractivity contribution in [3.05, 3.63) is 35.4 Å². The van der Waals surface area contributed by atoms with Crippen LogP contribution in [0, 0.1) is 0 Å². The number of nitrogens with one attached hydrogen (secondary N) is 1. The lowest BCUT2D eigenvalue weighted by atomic mass is 9.97. The first-order valence-corrected chi connectivity index (χ1v) is 5.38. The summed E-state index contributed by atoms with van der Waals surface area (Å²) in [6.45, 7) is 1.23. The van der Waals surface area contributed by atoms with Crippen LogP contribution in [0.2, 0.25) is 0 Å². The number of hydrogen-bond acceptors (Lipinski definition) is 1. The first kappa shape index (κ1) is 14.9. The minimum Gasteiger partial charge on any atom is -0.312 e. The third-order valence-electron chi connectivity index (χ3n) is 2.82. The molecule has 1 unspecified atom stereocenters. The molecule has 0 spiro atoms. The zero-order valence-corrected chi connectivity index (χ0v) is 9.98. The Hall–Kier alpha value is -1.17. The van der Waals surface area contributed by atoms with Gasteiger partial charge < -0.3 is 5.32 Å². The summed E-state index contributed by atoms with van der Waals surface area (Å²) in [6.07, 6.45) is -5.56. The van der Waals surface area contributed by atoms with Gasteiger partial charge in [-0.2, -0.15) is 13.2 Å². The Morgan fingerprint density at radius 2 is 1.67 bits per heavy atom. The van der Waals surface area contributed by atoms with Gasteiger partial charge in [0.2, 0.25) is 0 Å². The fraction of sp³-hybridized carbons (Fsp3) is 0.500. The van der Waals surface area contributed by atoms with Gasteiger partial charge in [-0.15, -0.1) is 0 Å². The minimum absolute atomic E-state index is 0.392. The van der Waals surface area contributed by atoms with Crippen LogP contribution in [-0.4, -0.2) is 19.0 Å². The van der Waals surface area contributed by atoms with E-state index in [1.807, 2.05) is 0 Å². The molecule has 0 saturated carbocycles. The summed E-state index contributed by atoms with van der Waals surface area (Å²) in [5.74, 6) is -3.24. The quantitative estimate of drug-likeness (QED) is 0.823. The molecule has 1 aromatic carbocycles. The van der Waals surface area contributed by atoms with Gasteiger partial charge in [-0.05, 0) is 25.6 Å². The smallest absolute Gasteiger partial charge is 0.312 e. The number of hydrogen-bond donors (Lipinski definition) is 1. The monoisotopic (exact) mass is 267 g/mol. The molecule has 0 aromatic heterocycles. The molecule has 0 amide bonds. The van der Waals surface area contributed by atoms with Crippen LogP contribution < -0.4 is 5.32 Å². The van der Waals surface area contributed by atoms with E-state index >= 15 is 0 Å². The van der Waals surface area contributed by atoms with E-state index in [9.17, 15) is 22.0 Å². The molecule has 0 saturated heterocycles. The van der Waals surface area contributed by atoms with E-state index in [4.69, 9.17) is 0 Å². The Balaban J connectivity index is 3.05. The highest BCUT2D eigenvalue weighted by Crippen LogP contribution is 2.35. The van der Waals surface area contributed by atoms with Gasteiger partial charge >= 0.3 is 6.18 Å². The Morgan fingerprint density at radius 3 is 2.17 bits per heavy atom. The van der Waals surface area contributed by atoms with Crippen molar-refractivity contribution in [2.75, 3.05) is 7.05 Å². The van der Waals surface area contributed by atoms with Crippen LogP contribution >= 0.6 is 0 Å². The number of benzene rings is 1. The third-order valence-corrected chi connectivity index (χ3v) is 2.82. The van der Waals surface area contributed by atoms with Crippen LogP contribution in [-0.2, 0) is 12.6 Å². The van der Waals surface area contributed by atoms with Gasteiger partial charge in [0, 0.05) is 6.42 Å². The number of rotatable bonds is 4. The van der Waals surface area contributed by atoms with Crippen LogP contribution in [0.1, 0.15) is 18.1 Å². The Bertz CT molecular complexity index is 400. The maximum atomic E-state index is 13.6. The van der Waals surface area contributed by atoms with Crippen molar-refractivity contribution in [1.82, 2.24) is 5.32 Å². The Kier molecular flexibility index (Phi) is 4.32. The minimum atomic E-state index is -4.62. The molecule has 0 fully saturated rings. The largest absolute Gasteiger partial charge is 0.416 e. The zero-order chi connectivity index (χ0) is 14.0. The van der Waals surface area contributed by atoms with Crippen LogP contribution in [0.3, 0.4) is 0 Å². The van der Waals surface area contributed by atoms with Gasteiger partial charge in [0.15, 0.2) is 0 Å². The summed E-state index contributed by atoms with van der Waals surface area (Å²) in [5.41, 5.74) is -1.40. The first-order chi connectivity index (χ1) is 8.18. The average Bonchev–Trinajstić information content (AvgIpc) is 2.26. The van der Waals surface area contributed by atoms with Crippen molar-refractivity contribution in [1.29, 1.82) is 0 Å². The summed E-state index contributed by atoms with van der Waals surface area (Å²) in [4.78, 5) is 0. The molecule has 0 radical (unpaired) electrons. The SMILES string of the molecule is CNC(C)C(F)(F)Cc1ccccc1C(F)(F)F. The molecule has 0 aliphatic rings. The third kappa shape index (κ3) is 3.41. The molecule has 1 atom stereocenters. The van der Waals surface area contributed by atoms with E-state index in [1.165, 1.54) is 26.1 Å². The molecule has 102 valence electrons. The molecular formula is C12H14F5N. The maximum absolute atomic E-state index is 13.6. The number of alkyl halides is 5. The second kappa shape index (κ2) is 5.22. The normalized spacial score (nSPS) is 14.6. The molecule has 18 heavy (non-hydrogen) atoms. The first-order valence-electron chi connectivity index (χ1n) is 5.38. The highest BCUT2D eigenvalue weighted by Gasteiger charge is 2.40. The average molecular weight is 267 g/mol. The standard InChI is InChI=1S/C12H14F5N/c1-8(18-2)11(13,14)7-9-5-3-4-6-10(9)12(15,16)17/h3-6,8,18H,7H2,1-2H3. The van der Waals surface area contributed by atoms with E-state index in [2.05, 4.69) is 5.32 Å². The zero-order valence-electron chi connectivity index (χ0n) is 9.98. The van der Waals surface area contributed by atoms with Crippen LogP contribution in [0.25, 0.3) is 0 Å². The molecule has 0 heterocycles. The lowest BCUT2D eigenvalue weighted by Gasteiger charge is -2.24. The summed E-state index contributed by atoms with van der Waals surface area (Å²) in [6, 6.07) is 3.21. The maximum Gasteiger partial charge on any atom is 0.416 e.